The van der Waals surface area contributed by atoms with Gasteiger partial charge < -0.3 is 14.6 Å². The molecule has 4 rings (SSSR count). The first-order valence-electron chi connectivity index (χ1n) is 9.07. The smallest absolute Gasteiger partial charge is 0.330 e. The Morgan fingerprint density at radius 1 is 1.29 bits per heavy atom. The summed E-state index contributed by atoms with van der Waals surface area (Å²) in [5, 5.41) is 10.7. The number of rotatable bonds is 7. The van der Waals surface area contributed by atoms with E-state index in [1.54, 1.807) is 0 Å². The summed E-state index contributed by atoms with van der Waals surface area (Å²) in [5.41, 5.74) is -1.10. The summed E-state index contributed by atoms with van der Waals surface area (Å²) in [5.74, 6) is 0.386. The average Bonchev–Trinajstić information content (AvgIpc) is 2.48. The van der Waals surface area contributed by atoms with Crippen LogP contribution in [0.1, 0.15) is 58.3 Å². The van der Waals surface area contributed by atoms with Gasteiger partial charge >= 0.3 is 11.9 Å². The fourth-order valence-electron chi connectivity index (χ4n) is 5.45. The molecule has 4 fully saturated rings. The van der Waals surface area contributed by atoms with Gasteiger partial charge in [-0.2, -0.15) is 0 Å². The van der Waals surface area contributed by atoms with Crippen molar-refractivity contribution in [3.05, 3.63) is 12.7 Å². The molecule has 4 aliphatic carbocycles. The Morgan fingerprint density at radius 3 is 2.54 bits per heavy atom. The number of carbonyl (C=O) groups is 2. The van der Waals surface area contributed by atoms with Crippen molar-refractivity contribution in [2.75, 3.05) is 6.61 Å². The van der Waals surface area contributed by atoms with Crippen molar-refractivity contribution in [2.45, 2.75) is 70.0 Å². The summed E-state index contributed by atoms with van der Waals surface area (Å²) in [6.07, 6.45) is 7.41. The molecule has 0 aromatic rings. The Morgan fingerprint density at radius 2 is 1.96 bits per heavy atom. The SMILES string of the molecule is C=CC(=O)OC(C)CCCOC(=O)C12CC3CC(CC(O)(C3)C1)C2. The van der Waals surface area contributed by atoms with Gasteiger partial charge in [0.25, 0.3) is 0 Å². The van der Waals surface area contributed by atoms with Crippen LogP contribution in [-0.4, -0.2) is 35.4 Å². The van der Waals surface area contributed by atoms with E-state index in [0.717, 1.165) is 38.2 Å². The van der Waals surface area contributed by atoms with Gasteiger partial charge in [0, 0.05) is 6.08 Å². The lowest BCUT2D eigenvalue weighted by atomic mass is 9.48. The Kier molecular flexibility index (Phi) is 4.73. The first kappa shape index (κ1) is 17.5. The molecule has 3 unspecified atom stereocenters. The predicted molar refractivity (Wildman–Crippen MR) is 88.0 cm³/mol. The van der Waals surface area contributed by atoms with Gasteiger partial charge in [-0.1, -0.05) is 6.58 Å². The molecule has 0 aliphatic heterocycles. The van der Waals surface area contributed by atoms with Crippen LogP contribution in [0.2, 0.25) is 0 Å². The first-order chi connectivity index (χ1) is 11.3. The third-order valence-electron chi connectivity index (χ3n) is 5.94. The molecule has 5 heteroatoms. The molecular formula is C19H28O5. The minimum Gasteiger partial charge on any atom is -0.465 e. The van der Waals surface area contributed by atoms with E-state index in [0.29, 0.717) is 37.7 Å². The zero-order valence-electron chi connectivity index (χ0n) is 14.5. The molecule has 5 nitrogen and oxygen atoms in total. The van der Waals surface area contributed by atoms with Crippen molar-refractivity contribution in [3.63, 3.8) is 0 Å². The van der Waals surface area contributed by atoms with E-state index in [2.05, 4.69) is 6.58 Å². The highest BCUT2D eigenvalue weighted by atomic mass is 16.5. The van der Waals surface area contributed by atoms with Gasteiger partial charge in [-0.05, 0) is 70.1 Å². The molecule has 4 saturated carbocycles. The maximum absolute atomic E-state index is 12.7. The summed E-state index contributed by atoms with van der Waals surface area (Å²) >= 11 is 0. The Balaban J connectivity index is 1.46. The van der Waals surface area contributed by atoms with Gasteiger partial charge in [0.15, 0.2) is 0 Å². The summed E-state index contributed by atoms with van der Waals surface area (Å²) < 4.78 is 10.6. The Labute approximate surface area is 143 Å². The first-order valence-corrected chi connectivity index (χ1v) is 9.07. The quantitative estimate of drug-likeness (QED) is 0.440. The number of ether oxygens (including phenoxy) is 2. The molecule has 0 saturated heterocycles. The van der Waals surface area contributed by atoms with Crippen LogP contribution < -0.4 is 0 Å². The monoisotopic (exact) mass is 336 g/mol. The van der Waals surface area contributed by atoms with Gasteiger partial charge in [-0.3, -0.25) is 4.79 Å². The second kappa shape index (κ2) is 6.51. The highest BCUT2D eigenvalue weighted by molar-refractivity contribution is 5.81. The Hall–Kier alpha value is -1.36. The molecule has 3 atom stereocenters. The van der Waals surface area contributed by atoms with Gasteiger partial charge in [-0.25, -0.2) is 4.79 Å². The van der Waals surface area contributed by atoms with Crippen LogP contribution >= 0.6 is 0 Å². The van der Waals surface area contributed by atoms with E-state index in [1.807, 2.05) is 6.92 Å². The standard InChI is InChI=1S/C19H28O5/c1-3-16(20)24-13(2)5-4-6-23-17(21)18-8-14-7-15(9-18)11-19(22,10-14)12-18/h3,13-15,22H,1,4-12H2,2H3. The summed E-state index contributed by atoms with van der Waals surface area (Å²) in [6, 6.07) is 0. The number of carbonyl (C=O) groups excluding carboxylic acids is 2. The minimum absolute atomic E-state index is 0.134. The molecule has 0 heterocycles. The van der Waals surface area contributed by atoms with Crippen LogP contribution in [0.5, 0.6) is 0 Å². The third-order valence-corrected chi connectivity index (χ3v) is 5.94. The lowest BCUT2D eigenvalue weighted by Gasteiger charge is -2.58. The van der Waals surface area contributed by atoms with Crippen LogP contribution in [0.25, 0.3) is 0 Å². The molecule has 0 amide bonds. The lowest BCUT2D eigenvalue weighted by Crippen LogP contribution is -2.58. The van der Waals surface area contributed by atoms with E-state index in [-0.39, 0.29) is 12.1 Å². The van der Waals surface area contributed by atoms with Crippen molar-refractivity contribution in [3.8, 4) is 0 Å². The normalized spacial score (nSPS) is 37.8. The van der Waals surface area contributed by atoms with Crippen molar-refractivity contribution in [1.29, 1.82) is 0 Å². The predicted octanol–water partition coefficient (Wildman–Crippen LogP) is 2.76. The molecule has 0 spiro atoms. The second-order valence-electron chi connectivity index (χ2n) is 8.20. The highest BCUT2D eigenvalue weighted by Gasteiger charge is 2.60. The molecule has 0 radical (unpaired) electrons. The van der Waals surface area contributed by atoms with Crippen LogP contribution in [0.4, 0.5) is 0 Å². The van der Waals surface area contributed by atoms with Crippen LogP contribution in [0.15, 0.2) is 12.7 Å². The fourth-order valence-corrected chi connectivity index (χ4v) is 5.45. The number of hydrogen-bond acceptors (Lipinski definition) is 5. The topological polar surface area (TPSA) is 72.8 Å². The van der Waals surface area contributed by atoms with Crippen molar-refractivity contribution >= 4 is 11.9 Å². The van der Waals surface area contributed by atoms with Gasteiger partial charge in [0.05, 0.1) is 23.7 Å². The largest absolute Gasteiger partial charge is 0.465 e. The fraction of sp³-hybridized carbons (Fsp3) is 0.789. The van der Waals surface area contributed by atoms with Crippen molar-refractivity contribution in [2.24, 2.45) is 17.3 Å². The lowest BCUT2D eigenvalue weighted by molar-refractivity contribution is -0.196. The summed E-state index contributed by atoms with van der Waals surface area (Å²) in [7, 11) is 0. The van der Waals surface area contributed by atoms with Gasteiger partial charge in [0.2, 0.25) is 0 Å². The summed E-state index contributed by atoms with van der Waals surface area (Å²) in [4.78, 5) is 23.8. The molecule has 0 aromatic carbocycles. The highest BCUT2D eigenvalue weighted by Crippen LogP contribution is 2.61. The van der Waals surface area contributed by atoms with Crippen LogP contribution in [0, 0.1) is 17.3 Å². The zero-order chi connectivity index (χ0) is 17.4. The number of hydrogen-bond donors (Lipinski definition) is 1. The second-order valence-corrected chi connectivity index (χ2v) is 8.20. The molecule has 4 bridgehead atoms. The van der Waals surface area contributed by atoms with E-state index >= 15 is 0 Å². The molecule has 134 valence electrons. The maximum Gasteiger partial charge on any atom is 0.330 e. The van der Waals surface area contributed by atoms with Crippen LogP contribution in [0.3, 0.4) is 0 Å². The number of aliphatic hydroxyl groups is 1. The van der Waals surface area contributed by atoms with Crippen LogP contribution in [-0.2, 0) is 19.1 Å². The van der Waals surface area contributed by atoms with Crippen molar-refractivity contribution < 1.29 is 24.2 Å². The van der Waals surface area contributed by atoms with Gasteiger partial charge in [0.1, 0.15) is 0 Å². The molecule has 24 heavy (non-hydrogen) atoms. The number of esters is 2. The van der Waals surface area contributed by atoms with Crippen molar-refractivity contribution in [1.82, 2.24) is 0 Å². The minimum atomic E-state index is -0.642. The van der Waals surface area contributed by atoms with Gasteiger partial charge in [-0.15, -0.1) is 0 Å². The van der Waals surface area contributed by atoms with E-state index in [1.165, 1.54) is 0 Å². The Bertz CT molecular complexity index is 512. The third kappa shape index (κ3) is 3.51. The molecule has 1 N–H and O–H groups in total. The maximum atomic E-state index is 12.7. The van der Waals surface area contributed by atoms with E-state index in [4.69, 9.17) is 9.47 Å². The molecular weight excluding hydrogens is 308 g/mol. The van der Waals surface area contributed by atoms with E-state index < -0.39 is 17.0 Å². The molecule has 4 aliphatic rings. The average molecular weight is 336 g/mol. The van der Waals surface area contributed by atoms with E-state index in [9.17, 15) is 14.7 Å². The summed E-state index contributed by atoms with van der Waals surface area (Å²) in [6.45, 7) is 5.52. The molecule has 0 aromatic heterocycles. The zero-order valence-corrected chi connectivity index (χ0v) is 14.5.